The van der Waals surface area contributed by atoms with Crippen LogP contribution >= 0.6 is 24.8 Å². The van der Waals surface area contributed by atoms with Crippen molar-refractivity contribution in [1.82, 2.24) is 9.97 Å². The fourth-order valence-corrected chi connectivity index (χ4v) is 3.16. The third kappa shape index (κ3) is 3.98. The van der Waals surface area contributed by atoms with Crippen molar-refractivity contribution >= 4 is 48.1 Å². The molecule has 3 heterocycles. The van der Waals surface area contributed by atoms with E-state index in [2.05, 4.69) is 19.8 Å². The van der Waals surface area contributed by atoms with Gasteiger partial charge in [0, 0.05) is 26.2 Å². The van der Waals surface area contributed by atoms with Crippen LogP contribution < -0.4 is 21.3 Å². The number of nitrogens with two attached hydrogens (primary N) is 2. The summed E-state index contributed by atoms with van der Waals surface area (Å²) in [5.74, 6) is 2.00. The lowest BCUT2D eigenvalue weighted by Crippen LogP contribution is -2.34. The number of nitrogens with zero attached hydrogens (tertiary/aromatic N) is 4. The molecule has 1 aromatic heterocycles. The predicted octanol–water partition coefficient (Wildman–Crippen LogP) is 2.47. The van der Waals surface area contributed by atoms with Gasteiger partial charge in [0.05, 0.1) is 0 Å². The first-order valence-electron chi connectivity index (χ1n) is 7.68. The highest BCUT2D eigenvalue weighted by Crippen LogP contribution is 2.33. The van der Waals surface area contributed by atoms with E-state index in [1.807, 2.05) is 0 Å². The number of anilines is 4. The molecule has 126 valence electrons. The molecule has 0 saturated carbocycles. The smallest absolute Gasteiger partial charge is 0.224 e. The fraction of sp³-hybridized carbons (Fsp3) is 0.714. The van der Waals surface area contributed by atoms with Gasteiger partial charge < -0.3 is 21.3 Å². The Morgan fingerprint density at radius 2 is 1.00 bits per heavy atom. The van der Waals surface area contributed by atoms with Crippen molar-refractivity contribution < 1.29 is 0 Å². The van der Waals surface area contributed by atoms with E-state index in [1.54, 1.807) is 0 Å². The van der Waals surface area contributed by atoms with E-state index in [1.165, 1.54) is 38.5 Å². The Kier molecular flexibility index (Phi) is 7.29. The highest BCUT2D eigenvalue weighted by molar-refractivity contribution is 5.85. The van der Waals surface area contributed by atoms with Crippen LogP contribution in [0.1, 0.15) is 38.5 Å². The first kappa shape index (κ1) is 18.9. The van der Waals surface area contributed by atoms with Crippen molar-refractivity contribution in [2.45, 2.75) is 38.5 Å². The van der Waals surface area contributed by atoms with E-state index in [0.29, 0.717) is 11.6 Å². The second kappa shape index (κ2) is 8.48. The Bertz CT molecular complexity index is 433. The minimum Gasteiger partial charge on any atom is -0.393 e. The number of halogens is 2. The molecule has 0 bridgehead atoms. The lowest BCUT2D eigenvalue weighted by Gasteiger charge is -2.32. The normalized spacial score (nSPS) is 18.4. The van der Waals surface area contributed by atoms with Crippen molar-refractivity contribution in [3.63, 3.8) is 0 Å². The van der Waals surface area contributed by atoms with Crippen LogP contribution in [-0.2, 0) is 0 Å². The molecule has 2 aliphatic rings. The molecule has 2 saturated heterocycles. The number of piperidine rings is 2. The van der Waals surface area contributed by atoms with Crippen LogP contribution in [0, 0.1) is 0 Å². The van der Waals surface area contributed by atoms with E-state index in [-0.39, 0.29) is 24.8 Å². The minimum absolute atomic E-state index is 0. The van der Waals surface area contributed by atoms with Crippen molar-refractivity contribution in [3.8, 4) is 0 Å². The molecule has 2 fully saturated rings. The van der Waals surface area contributed by atoms with Crippen LogP contribution in [0.3, 0.4) is 0 Å². The highest BCUT2D eigenvalue weighted by Gasteiger charge is 2.22. The largest absolute Gasteiger partial charge is 0.393 e. The fourth-order valence-electron chi connectivity index (χ4n) is 3.16. The predicted molar refractivity (Wildman–Crippen MR) is 97.5 cm³/mol. The highest BCUT2D eigenvalue weighted by atomic mass is 35.5. The summed E-state index contributed by atoms with van der Waals surface area (Å²) in [6.45, 7) is 4.06. The van der Waals surface area contributed by atoms with Crippen LogP contribution in [0.5, 0.6) is 0 Å². The van der Waals surface area contributed by atoms with E-state index in [0.717, 1.165) is 37.8 Å². The first-order chi connectivity index (χ1) is 9.75. The molecule has 0 radical (unpaired) electrons. The maximum atomic E-state index is 6.35. The third-order valence-electron chi connectivity index (χ3n) is 4.23. The molecule has 8 heteroatoms. The molecular formula is C14H26Cl2N6. The van der Waals surface area contributed by atoms with Gasteiger partial charge in [-0.15, -0.1) is 24.8 Å². The molecule has 0 aromatic carbocycles. The van der Waals surface area contributed by atoms with Crippen molar-refractivity contribution in [1.29, 1.82) is 0 Å². The maximum absolute atomic E-state index is 6.35. The number of hydrogen-bond donors (Lipinski definition) is 2. The van der Waals surface area contributed by atoms with Gasteiger partial charge in [0.15, 0.2) is 11.6 Å². The molecule has 0 aliphatic carbocycles. The zero-order valence-electron chi connectivity index (χ0n) is 12.8. The van der Waals surface area contributed by atoms with E-state index >= 15 is 0 Å². The van der Waals surface area contributed by atoms with Crippen LogP contribution in [0.25, 0.3) is 0 Å². The van der Waals surface area contributed by atoms with Gasteiger partial charge in [-0.05, 0) is 38.5 Å². The van der Waals surface area contributed by atoms with Gasteiger partial charge in [-0.25, -0.2) is 0 Å². The third-order valence-corrected chi connectivity index (χ3v) is 4.23. The van der Waals surface area contributed by atoms with E-state index in [4.69, 9.17) is 11.5 Å². The number of aromatic nitrogens is 2. The summed E-state index contributed by atoms with van der Waals surface area (Å²) in [4.78, 5) is 13.3. The van der Waals surface area contributed by atoms with E-state index in [9.17, 15) is 0 Å². The van der Waals surface area contributed by atoms with Crippen LogP contribution in [0.4, 0.5) is 23.3 Å². The van der Waals surface area contributed by atoms with Crippen LogP contribution in [0.15, 0.2) is 0 Å². The molecule has 4 N–H and O–H groups in total. The number of rotatable bonds is 2. The maximum Gasteiger partial charge on any atom is 0.224 e. The van der Waals surface area contributed by atoms with Crippen molar-refractivity contribution in [3.05, 3.63) is 0 Å². The minimum atomic E-state index is 0. The molecule has 0 spiro atoms. The standard InChI is InChI=1S/C14H24N6.2ClH/c15-11-12(19-7-3-1-4-8-19)17-14(16)18-13(11)20-9-5-2-6-10-20;;/h1-10,15H2,(H2,16,17,18);2*1H. The molecule has 0 amide bonds. The Balaban J connectivity index is 0.00000121. The Labute approximate surface area is 144 Å². The lowest BCUT2D eigenvalue weighted by molar-refractivity contribution is 0.568. The average molecular weight is 349 g/mol. The molecule has 22 heavy (non-hydrogen) atoms. The molecule has 2 aliphatic heterocycles. The summed E-state index contributed by atoms with van der Waals surface area (Å²) in [6, 6.07) is 0. The zero-order chi connectivity index (χ0) is 13.9. The van der Waals surface area contributed by atoms with Gasteiger partial charge in [-0.1, -0.05) is 0 Å². The quantitative estimate of drug-likeness (QED) is 0.853. The molecular weight excluding hydrogens is 323 g/mol. The van der Waals surface area contributed by atoms with Crippen molar-refractivity contribution in [2.24, 2.45) is 0 Å². The van der Waals surface area contributed by atoms with Crippen molar-refractivity contribution in [2.75, 3.05) is 47.4 Å². The van der Waals surface area contributed by atoms with Gasteiger partial charge in [0.25, 0.3) is 0 Å². The van der Waals surface area contributed by atoms with Crippen LogP contribution in [0.2, 0.25) is 0 Å². The van der Waals surface area contributed by atoms with E-state index < -0.39 is 0 Å². The summed E-state index contributed by atoms with van der Waals surface area (Å²) < 4.78 is 0. The average Bonchev–Trinajstić information content (AvgIpc) is 2.51. The van der Waals surface area contributed by atoms with Gasteiger partial charge in [-0.2, -0.15) is 9.97 Å². The SMILES string of the molecule is Cl.Cl.Nc1nc(N2CCCCC2)c(N)c(N2CCCCC2)n1. The number of hydrogen-bond acceptors (Lipinski definition) is 6. The summed E-state index contributed by atoms with van der Waals surface area (Å²) in [5.41, 5.74) is 13.0. The molecule has 3 rings (SSSR count). The summed E-state index contributed by atoms with van der Waals surface area (Å²) in [6.07, 6.45) is 7.36. The second-order valence-electron chi connectivity index (χ2n) is 5.74. The molecule has 6 nitrogen and oxygen atoms in total. The Morgan fingerprint density at radius 1 is 0.636 bits per heavy atom. The summed E-state index contributed by atoms with van der Waals surface area (Å²) in [7, 11) is 0. The Morgan fingerprint density at radius 3 is 1.36 bits per heavy atom. The van der Waals surface area contributed by atoms with Crippen LogP contribution in [-0.4, -0.2) is 36.1 Å². The monoisotopic (exact) mass is 348 g/mol. The van der Waals surface area contributed by atoms with Gasteiger partial charge >= 0.3 is 0 Å². The van der Waals surface area contributed by atoms with Gasteiger partial charge in [-0.3, -0.25) is 0 Å². The number of nitrogen functional groups attached to an aromatic ring is 2. The summed E-state index contributed by atoms with van der Waals surface area (Å²) >= 11 is 0. The Hall–Kier alpha value is -1.14. The second-order valence-corrected chi connectivity index (χ2v) is 5.74. The molecule has 0 unspecified atom stereocenters. The topological polar surface area (TPSA) is 84.3 Å². The summed E-state index contributed by atoms with van der Waals surface area (Å²) in [5, 5.41) is 0. The first-order valence-corrected chi connectivity index (χ1v) is 7.68. The van der Waals surface area contributed by atoms with Gasteiger partial charge in [0.2, 0.25) is 5.95 Å². The molecule has 0 atom stereocenters. The lowest BCUT2D eigenvalue weighted by atomic mass is 10.1. The zero-order valence-corrected chi connectivity index (χ0v) is 14.5. The van der Waals surface area contributed by atoms with Gasteiger partial charge in [0.1, 0.15) is 5.69 Å². The molecule has 1 aromatic rings.